The van der Waals surface area contributed by atoms with Crippen LogP contribution in [0.5, 0.6) is 5.75 Å². The van der Waals surface area contributed by atoms with Crippen molar-refractivity contribution >= 4 is 23.5 Å². The van der Waals surface area contributed by atoms with Crippen LogP contribution in [0.1, 0.15) is 44.6 Å². The first kappa shape index (κ1) is 22.6. The van der Waals surface area contributed by atoms with Crippen molar-refractivity contribution in [3.8, 4) is 5.75 Å². The number of hydrogen-bond donors (Lipinski definition) is 2. The minimum atomic E-state index is 0.527. The van der Waals surface area contributed by atoms with Gasteiger partial charge in [0.25, 0.3) is 0 Å². The number of nitrogens with zero attached hydrogens (tertiary/aromatic N) is 2. The predicted molar refractivity (Wildman–Crippen MR) is 119 cm³/mol. The number of para-hydroxylation sites is 1. The van der Waals surface area contributed by atoms with Gasteiger partial charge in [-0.1, -0.05) is 44.7 Å². The molecule has 156 valence electrons. The first-order valence-electron chi connectivity index (χ1n) is 10.4. The van der Waals surface area contributed by atoms with Crippen LogP contribution in [0.15, 0.2) is 29.4 Å². The summed E-state index contributed by atoms with van der Waals surface area (Å²) in [6.45, 7) is 8.29. The van der Waals surface area contributed by atoms with E-state index in [2.05, 4.69) is 27.7 Å². The van der Waals surface area contributed by atoms with Crippen LogP contribution >= 0.6 is 12.2 Å². The number of morpholine rings is 1. The van der Waals surface area contributed by atoms with Gasteiger partial charge in [-0.15, -0.1) is 0 Å². The van der Waals surface area contributed by atoms with Gasteiger partial charge >= 0.3 is 0 Å². The lowest BCUT2D eigenvalue weighted by atomic mass is 10.2. The fourth-order valence-electron chi connectivity index (χ4n) is 2.96. The number of rotatable bonds is 12. The van der Waals surface area contributed by atoms with Gasteiger partial charge in [-0.3, -0.25) is 10.3 Å². The van der Waals surface area contributed by atoms with Crippen LogP contribution in [0.4, 0.5) is 0 Å². The molecular formula is C21H34N4O2S. The Morgan fingerprint density at radius 1 is 1.21 bits per heavy atom. The van der Waals surface area contributed by atoms with Crippen molar-refractivity contribution in [3.05, 3.63) is 29.8 Å². The van der Waals surface area contributed by atoms with E-state index in [-0.39, 0.29) is 0 Å². The minimum absolute atomic E-state index is 0.527. The Labute approximate surface area is 174 Å². The van der Waals surface area contributed by atoms with Gasteiger partial charge in [0.05, 0.1) is 26.0 Å². The SMILES string of the molecule is CCCCCCCOc1ccccc1/C=N/NC(=S)NCCN1CCOCC1. The Morgan fingerprint density at radius 2 is 2.00 bits per heavy atom. The van der Waals surface area contributed by atoms with E-state index in [1.54, 1.807) is 6.21 Å². The molecule has 1 aromatic carbocycles. The molecule has 0 saturated carbocycles. The molecule has 0 aromatic heterocycles. The van der Waals surface area contributed by atoms with Gasteiger partial charge in [0, 0.05) is 31.7 Å². The highest BCUT2D eigenvalue weighted by atomic mass is 32.1. The van der Waals surface area contributed by atoms with Gasteiger partial charge in [-0.2, -0.15) is 5.10 Å². The van der Waals surface area contributed by atoms with Gasteiger partial charge in [0.2, 0.25) is 0 Å². The standard InChI is InChI=1S/C21H34N4O2S/c1-2-3-4-5-8-15-27-20-10-7-6-9-19(20)18-23-24-21(28)22-11-12-25-13-16-26-17-14-25/h6-7,9-10,18H,2-5,8,11-17H2,1H3,(H2,22,24,28)/b23-18+. The van der Waals surface area contributed by atoms with Crippen LogP contribution in [0.2, 0.25) is 0 Å². The summed E-state index contributed by atoms with van der Waals surface area (Å²) >= 11 is 5.28. The Morgan fingerprint density at radius 3 is 2.82 bits per heavy atom. The number of thiocarbonyl (C=S) groups is 1. The highest BCUT2D eigenvalue weighted by Gasteiger charge is 2.09. The average molecular weight is 407 g/mol. The molecule has 1 fully saturated rings. The largest absolute Gasteiger partial charge is 0.493 e. The van der Waals surface area contributed by atoms with Crippen molar-refractivity contribution in [2.45, 2.75) is 39.0 Å². The topological polar surface area (TPSA) is 58.1 Å². The fourth-order valence-corrected chi connectivity index (χ4v) is 3.11. The smallest absolute Gasteiger partial charge is 0.187 e. The molecule has 0 amide bonds. The minimum Gasteiger partial charge on any atom is -0.493 e. The molecule has 0 radical (unpaired) electrons. The summed E-state index contributed by atoms with van der Waals surface area (Å²) in [5, 5.41) is 7.95. The number of nitrogens with one attached hydrogen (secondary N) is 2. The summed E-state index contributed by atoms with van der Waals surface area (Å²) in [5.41, 5.74) is 3.82. The Kier molecular flexibility index (Phi) is 11.6. The van der Waals surface area contributed by atoms with E-state index in [9.17, 15) is 0 Å². The van der Waals surface area contributed by atoms with E-state index < -0.39 is 0 Å². The summed E-state index contributed by atoms with van der Waals surface area (Å²) in [6.07, 6.45) is 7.90. The zero-order valence-corrected chi connectivity index (χ0v) is 17.8. The first-order valence-corrected chi connectivity index (χ1v) is 10.8. The summed E-state index contributed by atoms with van der Waals surface area (Å²) in [6, 6.07) is 7.93. The summed E-state index contributed by atoms with van der Waals surface area (Å²) in [5.74, 6) is 0.856. The van der Waals surface area contributed by atoms with Crippen LogP contribution in [0.3, 0.4) is 0 Å². The van der Waals surface area contributed by atoms with E-state index in [4.69, 9.17) is 21.7 Å². The molecule has 0 unspecified atom stereocenters. The summed E-state index contributed by atoms with van der Waals surface area (Å²) < 4.78 is 11.3. The van der Waals surface area contributed by atoms with Crippen molar-refractivity contribution in [2.24, 2.45) is 5.10 Å². The van der Waals surface area contributed by atoms with Crippen LogP contribution in [-0.4, -0.2) is 62.2 Å². The van der Waals surface area contributed by atoms with Gasteiger partial charge in [-0.25, -0.2) is 0 Å². The Bertz CT molecular complexity index is 592. The summed E-state index contributed by atoms with van der Waals surface area (Å²) in [4.78, 5) is 2.36. The van der Waals surface area contributed by atoms with Gasteiger partial charge < -0.3 is 14.8 Å². The molecule has 2 N–H and O–H groups in total. The third-order valence-corrected chi connectivity index (χ3v) is 4.85. The zero-order valence-electron chi connectivity index (χ0n) is 17.0. The maximum Gasteiger partial charge on any atom is 0.187 e. The van der Waals surface area contributed by atoms with Crippen LogP contribution in [-0.2, 0) is 4.74 Å². The molecule has 0 bridgehead atoms. The molecular weight excluding hydrogens is 372 g/mol. The molecule has 1 aromatic rings. The molecule has 0 spiro atoms. The highest BCUT2D eigenvalue weighted by molar-refractivity contribution is 7.80. The van der Waals surface area contributed by atoms with Crippen molar-refractivity contribution in [2.75, 3.05) is 46.0 Å². The predicted octanol–water partition coefficient (Wildman–Crippen LogP) is 3.17. The van der Waals surface area contributed by atoms with Crippen LogP contribution in [0, 0.1) is 0 Å². The lowest BCUT2D eigenvalue weighted by Crippen LogP contribution is -2.42. The number of hydrogen-bond acceptors (Lipinski definition) is 5. The fraction of sp³-hybridized carbons (Fsp3) is 0.619. The lowest BCUT2D eigenvalue weighted by molar-refractivity contribution is 0.0389. The third kappa shape index (κ3) is 9.48. The Hall–Kier alpha value is -1.70. The molecule has 1 heterocycles. The number of benzene rings is 1. The second-order valence-corrected chi connectivity index (χ2v) is 7.29. The lowest BCUT2D eigenvalue weighted by Gasteiger charge is -2.26. The molecule has 6 nitrogen and oxygen atoms in total. The number of hydrazone groups is 1. The maximum atomic E-state index is 5.92. The molecule has 0 aliphatic carbocycles. The van der Waals surface area contributed by atoms with Crippen molar-refractivity contribution < 1.29 is 9.47 Å². The number of ether oxygens (including phenoxy) is 2. The second-order valence-electron chi connectivity index (χ2n) is 6.88. The van der Waals surface area contributed by atoms with E-state index in [0.717, 1.165) is 63.7 Å². The van der Waals surface area contributed by atoms with E-state index in [0.29, 0.717) is 5.11 Å². The van der Waals surface area contributed by atoms with Crippen molar-refractivity contribution in [3.63, 3.8) is 0 Å². The maximum absolute atomic E-state index is 5.92. The monoisotopic (exact) mass is 406 g/mol. The van der Waals surface area contributed by atoms with Crippen LogP contribution < -0.4 is 15.5 Å². The van der Waals surface area contributed by atoms with Crippen LogP contribution in [0.25, 0.3) is 0 Å². The average Bonchev–Trinajstić information content (AvgIpc) is 2.72. The third-order valence-electron chi connectivity index (χ3n) is 4.61. The zero-order chi connectivity index (χ0) is 19.9. The number of unbranched alkanes of at least 4 members (excludes halogenated alkanes) is 4. The summed E-state index contributed by atoms with van der Waals surface area (Å²) in [7, 11) is 0. The molecule has 1 saturated heterocycles. The van der Waals surface area contributed by atoms with Gasteiger partial charge in [0.15, 0.2) is 5.11 Å². The second kappa shape index (κ2) is 14.3. The molecule has 1 aliphatic heterocycles. The molecule has 2 rings (SSSR count). The highest BCUT2D eigenvalue weighted by Crippen LogP contribution is 2.16. The molecule has 7 heteroatoms. The Balaban J connectivity index is 1.65. The van der Waals surface area contributed by atoms with Gasteiger partial charge in [-0.05, 0) is 30.8 Å². The molecule has 0 atom stereocenters. The van der Waals surface area contributed by atoms with Gasteiger partial charge in [0.1, 0.15) is 5.75 Å². The van der Waals surface area contributed by atoms with Crippen molar-refractivity contribution in [1.82, 2.24) is 15.6 Å². The molecule has 1 aliphatic rings. The van der Waals surface area contributed by atoms with E-state index >= 15 is 0 Å². The normalized spacial score (nSPS) is 14.9. The van der Waals surface area contributed by atoms with E-state index in [1.165, 1.54) is 25.7 Å². The van der Waals surface area contributed by atoms with E-state index in [1.807, 2.05) is 24.3 Å². The van der Waals surface area contributed by atoms with Crippen molar-refractivity contribution in [1.29, 1.82) is 0 Å². The first-order chi connectivity index (χ1) is 13.8. The molecule has 28 heavy (non-hydrogen) atoms. The quantitative estimate of drug-likeness (QED) is 0.241.